The van der Waals surface area contributed by atoms with Gasteiger partial charge in [0.05, 0.1) is 0 Å². The minimum Gasteiger partial charge on any atom is -0.147 e. The predicted octanol–water partition coefficient (Wildman–Crippen LogP) is 15.4. The summed E-state index contributed by atoms with van der Waals surface area (Å²) in [5.41, 5.74) is 12.4. The molecule has 6 heteroatoms. The Morgan fingerprint density at radius 1 is 0.383 bits per heavy atom. The maximum absolute atomic E-state index is 3.30. The molecule has 6 rings (SSSR count). The fraction of sp³-hybridized carbons (Fsp3) is 0.481. The van der Waals surface area contributed by atoms with Gasteiger partial charge in [-0.1, -0.05) is 111 Å². The van der Waals surface area contributed by atoms with Crippen LogP contribution in [0.4, 0.5) is 0 Å². The van der Waals surface area contributed by atoms with Crippen molar-refractivity contribution in [3.05, 3.63) is 154 Å². The number of halogens is 2. The molecule has 0 saturated heterocycles. The second-order valence-corrected chi connectivity index (χ2v) is 39.6. The van der Waals surface area contributed by atoms with E-state index < -0.39 is 0 Å². The van der Waals surface area contributed by atoms with E-state index >= 15 is 0 Å². The molecule has 0 radical (unpaired) electrons. The van der Waals surface area contributed by atoms with Gasteiger partial charge < -0.3 is 0 Å². The van der Waals surface area contributed by atoms with Gasteiger partial charge >= 0.3 is 141 Å². The summed E-state index contributed by atoms with van der Waals surface area (Å²) < 4.78 is 0. The minimum atomic E-state index is -0.0733. The van der Waals surface area contributed by atoms with Crippen molar-refractivity contribution >= 4 is 46.2 Å². The number of rotatable bonds is 2. The molecular weight excluding hydrogens is 1130 g/mol. The maximum atomic E-state index is 3.30. The van der Waals surface area contributed by atoms with E-state index in [1.165, 1.54) is 90.6 Å². The van der Waals surface area contributed by atoms with Crippen LogP contribution in [0, 0.1) is 46.0 Å². The molecule has 0 N–H and O–H groups in total. The van der Waals surface area contributed by atoms with Crippen molar-refractivity contribution in [3.8, 4) is 0 Å². The summed E-state index contributed by atoms with van der Waals surface area (Å²) in [6, 6.07) is 21.6. The molecule has 4 aliphatic rings. The van der Waals surface area contributed by atoms with Crippen LogP contribution in [0.3, 0.4) is 0 Å². The molecule has 0 spiro atoms. The summed E-state index contributed by atoms with van der Waals surface area (Å²) >= 11 is 2.72. The number of allylic oxidation sites excluding steroid dienone is 16. The molecule has 0 nitrogen and oxygen atoms in total. The molecule has 0 atom stereocenters. The zero-order chi connectivity index (χ0) is 44.5. The first-order chi connectivity index (χ1) is 26.6. The third kappa shape index (κ3) is 26.0. The van der Waals surface area contributed by atoms with Crippen LogP contribution in [-0.2, 0) is 46.0 Å². The molecule has 0 saturated carbocycles. The van der Waals surface area contributed by atoms with Gasteiger partial charge in [0.1, 0.15) is 0 Å². The molecule has 0 heterocycles. The average molecular weight is 1210 g/mol. The van der Waals surface area contributed by atoms with Crippen molar-refractivity contribution in [1.82, 2.24) is 0 Å². The van der Waals surface area contributed by atoms with Crippen LogP contribution < -0.4 is 10.4 Å². The summed E-state index contributed by atoms with van der Waals surface area (Å²) in [4.78, 5) is 0. The van der Waals surface area contributed by atoms with E-state index in [1.54, 1.807) is 10.4 Å². The second kappa shape index (κ2) is 28.8. The zero-order valence-corrected chi connectivity index (χ0v) is 51.5. The number of hydrogen-bond acceptors (Lipinski definition) is 0. The maximum Gasteiger partial charge on any atom is -0.147 e. The molecule has 60 heavy (non-hydrogen) atoms. The first-order valence-corrected chi connectivity index (χ1v) is 35.7. The van der Waals surface area contributed by atoms with Crippen LogP contribution in [0.15, 0.2) is 130 Å². The van der Waals surface area contributed by atoms with Crippen molar-refractivity contribution in [2.75, 3.05) is 0 Å². The van der Waals surface area contributed by atoms with E-state index in [4.69, 9.17) is 0 Å². The van der Waals surface area contributed by atoms with Crippen LogP contribution in [0.2, 0.25) is 13.1 Å². The second-order valence-electron chi connectivity index (χ2n) is 19.8. The molecular formula is C54H78Cl2Hf2Si2. The van der Waals surface area contributed by atoms with Gasteiger partial charge in [-0.05, 0) is 21.7 Å². The SMILES string of the molecule is CC1=[C-]CC(C(C)(C)C)=C1.CC1=[C-]CC(C(C)(C)C)=C1.CC1=[C-]CC(C(C)(C)C)=C1.CC1=[C-]CC(C(C)(C)C)=C1.C[Si](=[Hf+2])c1ccccc1.C[Si](=[Hf+2])c1ccccc1.Cl.Cl. The van der Waals surface area contributed by atoms with Gasteiger partial charge in [-0.2, -0.15) is 22.3 Å². The first kappa shape index (κ1) is 61.2. The van der Waals surface area contributed by atoms with Crippen LogP contribution >= 0.6 is 24.8 Å². The molecule has 2 aromatic carbocycles. The van der Waals surface area contributed by atoms with Gasteiger partial charge in [-0.3, -0.25) is 24.3 Å². The van der Waals surface area contributed by atoms with Gasteiger partial charge in [0.25, 0.3) is 0 Å². The number of hydrogen-bond donors (Lipinski definition) is 0. The molecule has 0 aliphatic heterocycles. The van der Waals surface area contributed by atoms with Crippen molar-refractivity contribution < 1.29 is 46.0 Å². The third-order valence-electron chi connectivity index (χ3n) is 10.1. The topological polar surface area (TPSA) is 0 Å². The minimum absolute atomic E-state index is 0. The molecule has 0 fully saturated rings. The summed E-state index contributed by atoms with van der Waals surface area (Å²) in [6.45, 7) is 40.2. The van der Waals surface area contributed by atoms with Crippen LogP contribution in [-0.4, -0.2) is 11.0 Å². The fourth-order valence-electron chi connectivity index (χ4n) is 5.70. The Balaban J connectivity index is 0. The average Bonchev–Trinajstić information content (AvgIpc) is 3.95. The van der Waals surface area contributed by atoms with E-state index in [0.717, 1.165) is 25.7 Å². The molecule has 324 valence electrons. The molecule has 2 aromatic rings. The van der Waals surface area contributed by atoms with E-state index in [2.05, 4.69) is 233 Å². The first-order valence-electron chi connectivity index (χ1n) is 21.0. The Morgan fingerprint density at radius 3 is 0.650 bits per heavy atom. The largest absolute Gasteiger partial charge is 0.147 e. The van der Waals surface area contributed by atoms with Gasteiger partial charge in [0.15, 0.2) is 0 Å². The standard InChI is InChI=1S/4C10H15.2C7H8Si.2ClH.2Hf/c4*1-8-5-6-9(7-8)10(2,3)4;2*1-8-7-5-3-2-4-6-7;;;;/h4*7H,6H2,1-4H3;2*2-6H,1H3;2*1H;;/q4*-1;;;;;2*+2. The fourth-order valence-corrected chi connectivity index (χ4v) is 10.7. The van der Waals surface area contributed by atoms with Crippen molar-refractivity contribution in [2.45, 2.75) is 150 Å². The number of benzene rings is 2. The summed E-state index contributed by atoms with van der Waals surface area (Å²) in [7, 11) is 0. The van der Waals surface area contributed by atoms with Gasteiger partial charge in [-0.25, -0.2) is 46.6 Å². The van der Waals surface area contributed by atoms with Crippen molar-refractivity contribution in [3.63, 3.8) is 0 Å². The van der Waals surface area contributed by atoms with E-state index in [-0.39, 0.29) is 35.8 Å². The van der Waals surface area contributed by atoms with Crippen molar-refractivity contribution in [1.29, 1.82) is 0 Å². The molecule has 0 amide bonds. The molecule has 0 bridgehead atoms. The van der Waals surface area contributed by atoms with E-state index in [1.807, 2.05) is 0 Å². The predicted molar refractivity (Wildman–Crippen MR) is 268 cm³/mol. The van der Waals surface area contributed by atoms with E-state index in [9.17, 15) is 0 Å². The van der Waals surface area contributed by atoms with Crippen LogP contribution in [0.25, 0.3) is 0 Å². The normalized spacial score (nSPS) is 15.3. The van der Waals surface area contributed by atoms with Crippen LogP contribution in [0.5, 0.6) is 0 Å². The van der Waals surface area contributed by atoms with Crippen LogP contribution in [0.1, 0.15) is 136 Å². The Morgan fingerprint density at radius 2 is 0.567 bits per heavy atom. The summed E-state index contributed by atoms with van der Waals surface area (Å²) in [5.74, 6) is 0. The van der Waals surface area contributed by atoms with Gasteiger partial charge in [-0.15, -0.1) is 50.5 Å². The summed E-state index contributed by atoms with van der Waals surface area (Å²) in [5, 5.41) is 3.16. The molecule has 0 unspecified atom stereocenters. The Labute approximate surface area is 413 Å². The zero-order valence-electron chi connectivity index (χ0n) is 40.7. The van der Waals surface area contributed by atoms with Gasteiger partial charge in [0, 0.05) is 0 Å². The molecule has 0 aromatic heterocycles. The van der Waals surface area contributed by atoms with Gasteiger partial charge in [0.2, 0.25) is 0 Å². The molecule has 4 aliphatic carbocycles. The third-order valence-corrected chi connectivity index (χ3v) is 18.7. The smallest absolute Gasteiger partial charge is 0.147 e. The summed E-state index contributed by atoms with van der Waals surface area (Å²) in [6.07, 6.45) is 26.3. The monoisotopic (exact) mass is 1210 g/mol. The van der Waals surface area contributed by atoms with E-state index in [0.29, 0.717) is 21.7 Å². The quantitative estimate of drug-likeness (QED) is 0.208. The Bertz CT molecular complexity index is 1670. The Hall–Kier alpha value is -0.886. The van der Waals surface area contributed by atoms with Crippen molar-refractivity contribution in [2.24, 2.45) is 21.7 Å². The Kier molecular flexibility index (Phi) is 29.4.